The number of hydrogen-bond acceptors (Lipinski definition) is 5. The molecule has 0 spiro atoms. The van der Waals surface area contributed by atoms with Gasteiger partial charge in [-0.25, -0.2) is 4.52 Å². The summed E-state index contributed by atoms with van der Waals surface area (Å²) in [5.41, 5.74) is 1.14. The van der Waals surface area contributed by atoms with Gasteiger partial charge in [0.25, 0.3) is 0 Å². The molecule has 3 aromatic rings. The van der Waals surface area contributed by atoms with Crippen LogP contribution in [0.15, 0.2) is 24.8 Å². The normalized spacial score (nSPS) is 12.2. The zero-order chi connectivity index (χ0) is 15.2. The summed E-state index contributed by atoms with van der Waals surface area (Å²) in [5.74, 6) is 0.00973. The van der Waals surface area contributed by atoms with E-state index in [2.05, 4.69) is 10.2 Å². The number of carbonyl (C=O) groups is 1. The molecule has 0 aliphatic heterocycles. The van der Waals surface area contributed by atoms with E-state index in [1.165, 1.54) is 18.3 Å². The molecule has 3 aromatic heterocycles. The molecule has 110 valence electrons. The second-order valence-electron chi connectivity index (χ2n) is 5.60. The molecule has 6 nitrogen and oxygen atoms in total. The lowest BCUT2D eigenvalue weighted by atomic mass is 10.1. The Morgan fingerprint density at radius 2 is 2.10 bits per heavy atom. The van der Waals surface area contributed by atoms with E-state index in [4.69, 9.17) is 0 Å². The van der Waals surface area contributed by atoms with Crippen LogP contribution >= 0.6 is 11.3 Å². The van der Waals surface area contributed by atoms with Crippen LogP contribution in [0.1, 0.15) is 31.1 Å². The lowest BCUT2D eigenvalue weighted by Gasteiger charge is -2.21. The smallest absolute Gasteiger partial charge is 0.164 e. The Morgan fingerprint density at radius 1 is 1.33 bits per heavy atom. The SMILES string of the molecule is CC(=O)c1cnn2cc(-c3cnn(C(C)(C)CO)c3)sc12. The fraction of sp³-hybridized carbons (Fsp3) is 0.357. The molecule has 0 amide bonds. The van der Waals surface area contributed by atoms with E-state index in [9.17, 15) is 9.90 Å². The van der Waals surface area contributed by atoms with Crippen molar-refractivity contribution in [2.45, 2.75) is 26.3 Å². The summed E-state index contributed by atoms with van der Waals surface area (Å²) in [4.78, 5) is 13.4. The highest BCUT2D eigenvalue weighted by atomic mass is 32.1. The van der Waals surface area contributed by atoms with Gasteiger partial charge in [0.15, 0.2) is 5.78 Å². The first-order chi connectivity index (χ1) is 9.92. The number of Topliss-reactive ketones (excluding diaryl/α,β-unsaturated/α-hetero) is 1. The fourth-order valence-corrected chi connectivity index (χ4v) is 3.10. The number of ketones is 1. The average molecular weight is 304 g/mol. The maximum Gasteiger partial charge on any atom is 0.164 e. The zero-order valence-corrected chi connectivity index (χ0v) is 12.9. The third-order valence-corrected chi connectivity index (χ3v) is 4.61. The molecule has 0 saturated carbocycles. The van der Waals surface area contributed by atoms with E-state index < -0.39 is 5.54 Å². The zero-order valence-electron chi connectivity index (χ0n) is 12.1. The number of carbonyl (C=O) groups excluding carboxylic acids is 1. The number of rotatable bonds is 4. The van der Waals surface area contributed by atoms with Crippen LogP contribution in [0.2, 0.25) is 0 Å². The van der Waals surface area contributed by atoms with Crippen molar-refractivity contribution in [1.29, 1.82) is 0 Å². The Balaban J connectivity index is 2.03. The number of fused-ring (bicyclic) bond motifs is 1. The quantitative estimate of drug-likeness (QED) is 0.750. The van der Waals surface area contributed by atoms with Crippen LogP contribution in [0.25, 0.3) is 15.3 Å². The van der Waals surface area contributed by atoms with Gasteiger partial charge in [0.2, 0.25) is 0 Å². The van der Waals surface area contributed by atoms with Crippen molar-refractivity contribution in [3.63, 3.8) is 0 Å². The molecular weight excluding hydrogens is 288 g/mol. The first kappa shape index (κ1) is 14.0. The molecule has 0 aliphatic rings. The topological polar surface area (TPSA) is 72.4 Å². The van der Waals surface area contributed by atoms with Gasteiger partial charge in [0, 0.05) is 18.0 Å². The molecule has 3 rings (SSSR count). The predicted octanol–water partition coefficient (Wildman–Crippen LogP) is 2.19. The van der Waals surface area contributed by atoms with Crippen molar-refractivity contribution in [3.8, 4) is 10.4 Å². The third kappa shape index (κ3) is 2.28. The molecule has 3 heterocycles. The highest BCUT2D eigenvalue weighted by Gasteiger charge is 2.21. The van der Waals surface area contributed by atoms with Gasteiger partial charge in [-0.05, 0) is 20.8 Å². The van der Waals surface area contributed by atoms with Gasteiger partial charge in [-0.3, -0.25) is 9.48 Å². The van der Waals surface area contributed by atoms with Crippen molar-refractivity contribution < 1.29 is 9.90 Å². The third-order valence-electron chi connectivity index (χ3n) is 3.45. The molecule has 0 atom stereocenters. The van der Waals surface area contributed by atoms with Crippen LogP contribution < -0.4 is 0 Å². The summed E-state index contributed by atoms with van der Waals surface area (Å²) < 4.78 is 3.46. The van der Waals surface area contributed by atoms with Crippen molar-refractivity contribution >= 4 is 22.0 Å². The maximum absolute atomic E-state index is 11.5. The van der Waals surface area contributed by atoms with Gasteiger partial charge in [0.05, 0.1) is 35.0 Å². The van der Waals surface area contributed by atoms with E-state index in [0.29, 0.717) is 5.56 Å². The van der Waals surface area contributed by atoms with Crippen LogP contribution in [0.3, 0.4) is 0 Å². The molecule has 21 heavy (non-hydrogen) atoms. The van der Waals surface area contributed by atoms with Crippen molar-refractivity contribution in [3.05, 3.63) is 30.4 Å². The molecule has 0 aromatic carbocycles. The van der Waals surface area contributed by atoms with Gasteiger partial charge in [-0.2, -0.15) is 10.2 Å². The molecule has 0 fully saturated rings. The Hall–Kier alpha value is -1.99. The summed E-state index contributed by atoms with van der Waals surface area (Å²) in [6.45, 7) is 5.38. The molecule has 1 N–H and O–H groups in total. The number of thiazole rings is 1. The standard InChI is InChI=1S/C14H16N4O2S/c1-9(20)11-5-15-17-7-12(21-13(11)17)10-4-16-18(6-10)14(2,3)8-19/h4-7,19H,8H2,1-3H3. The van der Waals surface area contributed by atoms with E-state index in [-0.39, 0.29) is 12.4 Å². The highest BCUT2D eigenvalue weighted by Crippen LogP contribution is 2.31. The van der Waals surface area contributed by atoms with Crippen LogP contribution in [0, 0.1) is 0 Å². The maximum atomic E-state index is 11.5. The van der Waals surface area contributed by atoms with E-state index in [1.54, 1.807) is 21.6 Å². The highest BCUT2D eigenvalue weighted by molar-refractivity contribution is 7.21. The lowest BCUT2D eigenvalue weighted by Crippen LogP contribution is -2.30. The minimum absolute atomic E-state index is 0.00973. The summed E-state index contributed by atoms with van der Waals surface area (Å²) >= 11 is 1.51. The number of aliphatic hydroxyl groups excluding tert-OH is 1. The summed E-state index contributed by atoms with van der Waals surface area (Å²) in [6.07, 6.45) is 7.14. The minimum atomic E-state index is -0.444. The molecular formula is C14H16N4O2S. The number of aliphatic hydroxyl groups is 1. The van der Waals surface area contributed by atoms with Gasteiger partial charge >= 0.3 is 0 Å². The van der Waals surface area contributed by atoms with Crippen LogP contribution in [-0.4, -0.2) is 36.9 Å². The Kier molecular flexibility index (Phi) is 3.18. The molecule has 0 aliphatic carbocycles. The number of nitrogens with zero attached hydrogens (tertiary/aromatic N) is 4. The lowest BCUT2D eigenvalue weighted by molar-refractivity contribution is 0.101. The molecule has 0 radical (unpaired) electrons. The Labute approximate surface area is 125 Å². The second kappa shape index (κ2) is 4.78. The summed E-state index contributed by atoms with van der Waals surface area (Å²) in [6, 6.07) is 0. The summed E-state index contributed by atoms with van der Waals surface area (Å²) in [7, 11) is 0. The Morgan fingerprint density at radius 3 is 2.76 bits per heavy atom. The van der Waals surface area contributed by atoms with E-state index >= 15 is 0 Å². The molecule has 7 heteroatoms. The fourth-order valence-electron chi connectivity index (χ4n) is 2.01. The Bertz CT molecular complexity index is 812. The van der Waals surface area contributed by atoms with Crippen LogP contribution in [0.5, 0.6) is 0 Å². The van der Waals surface area contributed by atoms with Crippen molar-refractivity contribution in [1.82, 2.24) is 19.4 Å². The summed E-state index contributed by atoms with van der Waals surface area (Å²) in [5, 5.41) is 17.9. The van der Waals surface area contributed by atoms with Crippen molar-refractivity contribution in [2.75, 3.05) is 6.61 Å². The first-order valence-electron chi connectivity index (χ1n) is 6.57. The van der Waals surface area contributed by atoms with Gasteiger partial charge in [-0.15, -0.1) is 11.3 Å². The van der Waals surface area contributed by atoms with E-state index in [0.717, 1.165) is 15.3 Å². The monoisotopic (exact) mass is 304 g/mol. The van der Waals surface area contributed by atoms with E-state index in [1.807, 2.05) is 26.2 Å². The molecule has 0 saturated heterocycles. The first-order valence-corrected chi connectivity index (χ1v) is 7.38. The van der Waals surface area contributed by atoms with Gasteiger partial charge < -0.3 is 5.11 Å². The average Bonchev–Trinajstić information content (AvgIpc) is 3.12. The molecule has 0 bridgehead atoms. The number of hydrogen-bond donors (Lipinski definition) is 1. The van der Waals surface area contributed by atoms with Crippen LogP contribution in [-0.2, 0) is 5.54 Å². The predicted molar refractivity (Wildman–Crippen MR) is 80.7 cm³/mol. The second-order valence-corrected chi connectivity index (χ2v) is 6.63. The van der Waals surface area contributed by atoms with Gasteiger partial charge in [-0.1, -0.05) is 0 Å². The van der Waals surface area contributed by atoms with Crippen molar-refractivity contribution in [2.24, 2.45) is 0 Å². The molecule has 0 unspecified atom stereocenters. The number of aromatic nitrogens is 4. The van der Waals surface area contributed by atoms with Gasteiger partial charge in [0.1, 0.15) is 4.83 Å². The largest absolute Gasteiger partial charge is 0.394 e. The van der Waals surface area contributed by atoms with Crippen LogP contribution in [0.4, 0.5) is 0 Å². The minimum Gasteiger partial charge on any atom is -0.394 e.